The summed E-state index contributed by atoms with van der Waals surface area (Å²) in [6.07, 6.45) is 0.988. The Labute approximate surface area is 103 Å². The van der Waals surface area contributed by atoms with Gasteiger partial charge in [0.25, 0.3) is 0 Å². The molecular weight excluding hydrogens is 212 g/mol. The first-order valence-corrected chi connectivity index (χ1v) is 6.17. The highest BCUT2D eigenvalue weighted by atomic mass is 16.1. The van der Waals surface area contributed by atoms with E-state index in [1.165, 1.54) is 0 Å². The van der Waals surface area contributed by atoms with E-state index in [2.05, 4.69) is 0 Å². The maximum Gasteiger partial charge on any atom is 0.163 e. The molecule has 17 heavy (non-hydrogen) atoms. The van der Waals surface area contributed by atoms with Gasteiger partial charge in [-0.2, -0.15) is 0 Å². The van der Waals surface area contributed by atoms with E-state index in [-0.39, 0.29) is 23.4 Å². The molecule has 0 fully saturated rings. The largest absolute Gasteiger partial charge is 0.299 e. The molecule has 2 nitrogen and oxygen atoms in total. The summed E-state index contributed by atoms with van der Waals surface area (Å²) in [6, 6.07) is 9.25. The molecule has 1 aromatic carbocycles. The average Bonchev–Trinajstić information content (AvgIpc) is 2.37. The van der Waals surface area contributed by atoms with Crippen LogP contribution in [0.25, 0.3) is 0 Å². The zero-order chi connectivity index (χ0) is 12.8. The van der Waals surface area contributed by atoms with E-state index in [1.807, 2.05) is 51.1 Å². The van der Waals surface area contributed by atoms with Gasteiger partial charge in [-0.1, -0.05) is 51.1 Å². The second kappa shape index (κ2) is 6.33. The molecule has 0 heterocycles. The van der Waals surface area contributed by atoms with Crippen molar-refractivity contribution in [2.75, 3.05) is 0 Å². The number of Topliss-reactive ketones (excluding diaryl/α,β-unsaturated/α-hetero) is 2. The minimum Gasteiger partial charge on any atom is -0.299 e. The smallest absolute Gasteiger partial charge is 0.163 e. The first-order chi connectivity index (χ1) is 8.06. The number of ketones is 2. The fourth-order valence-corrected chi connectivity index (χ4v) is 1.85. The Bertz CT molecular complexity index is 381. The number of carbonyl (C=O) groups excluding carboxylic acids is 2. The van der Waals surface area contributed by atoms with E-state index in [1.54, 1.807) is 0 Å². The molecule has 0 saturated carbocycles. The Morgan fingerprint density at radius 2 is 1.71 bits per heavy atom. The van der Waals surface area contributed by atoms with Crippen LogP contribution in [-0.2, 0) is 4.79 Å². The minimum absolute atomic E-state index is 0.0346. The first-order valence-electron chi connectivity index (χ1n) is 6.17. The second-order valence-electron chi connectivity index (χ2n) is 4.58. The normalized spacial score (nSPS) is 14.1. The lowest BCUT2D eigenvalue weighted by Crippen LogP contribution is -2.20. The Morgan fingerprint density at radius 3 is 2.24 bits per heavy atom. The Balaban J connectivity index is 2.60. The van der Waals surface area contributed by atoms with E-state index in [4.69, 9.17) is 0 Å². The van der Waals surface area contributed by atoms with Gasteiger partial charge in [0.15, 0.2) is 5.78 Å². The number of carbonyl (C=O) groups is 2. The maximum absolute atomic E-state index is 12.0. The second-order valence-corrected chi connectivity index (χ2v) is 4.58. The molecule has 92 valence electrons. The third-order valence-electron chi connectivity index (χ3n) is 3.31. The third kappa shape index (κ3) is 3.81. The van der Waals surface area contributed by atoms with Crippen LogP contribution in [0.4, 0.5) is 0 Å². The van der Waals surface area contributed by atoms with Gasteiger partial charge in [-0.3, -0.25) is 9.59 Å². The molecule has 2 atom stereocenters. The Kier molecular flexibility index (Phi) is 5.08. The molecule has 0 saturated heterocycles. The van der Waals surface area contributed by atoms with E-state index in [0.29, 0.717) is 12.8 Å². The van der Waals surface area contributed by atoms with Gasteiger partial charge in [0.2, 0.25) is 0 Å². The lowest BCUT2D eigenvalue weighted by atomic mass is 9.86. The topological polar surface area (TPSA) is 34.1 Å². The molecule has 2 unspecified atom stereocenters. The highest BCUT2D eigenvalue weighted by molar-refractivity contribution is 5.96. The quantitative estimate of drug-likeness (QED) is 0.703. The molecule has 0 aromatic heterocycles. The summed E-state index contributed by atoms with van der Waals surface area (Å²) >= 11 is 0. The first kappa shape index (κ1) is 13.6. The van der Waals surface area contributed by atoms with Crippen LogP contribution >= 0.6 is 0 Å². The summed E-state index contributed by atoms with van der Waals surface area (Å²) in [5.74, 6) is 0.426. The van der Waals surface area contributed by atoms with Crippen molar-refractivity contribution in [3.05, 3.63) is 35.9 Å². The van der Waals surface area contributed by atoms with Gasteiger partial charge in [-0.15, -0.1) is 0 Å². The van der Waals surface area contributed by atoms with Crippen molar-refractivity contribution < 1.29 is 9.59 Å². The molecule has 0 radical (unpaired) electrons. The zero-order valence-corrected chi connectivity index (χ0v) is 10.8. The molecule has 0 amide bonds. The highest BCUT2D eigenvalue weighted by Crippen LogP contribution is 2.19. The monoisotopic (exact) mass is 232 g/mol. The van der Waals surface area contributed by atoms with Crippen molar-refractivity contribution in [1.29, 1.82) is 0 Å². The van der Waals surface area contributed by atoms with E-state index in [9.17, 15) is 9.59 Å². The van der Waals surface area contributed by atoms with E-state index >= 15 is 0 Å². The molecule has 0 bridgehead atoms. The van der Waals surface area contributed by atoms with Crippen LogP contribution in [0.15, 0.2) is 30.3 Å². The lowest BCUT2D eigenvalue weighted by molar-refractivity contribution is -0.123. The van der Waals surface area contributed by atoms with E-state index in [0.717, 1.165) is 5.56 Å². The van der Waals surface area contributed by atoms with Gasteiger partial charge in [-0.05, 0) is 5.92 Å². The van der Waals surface area contributed by atoms with Crippen LogP contribution in [0.3, 0.4) is 0 Å². The number of benzene rings is 1. The predicted octanol–water partition coefficient (Wildman–Crippen LogP) is 3.51. The molecule has 0 aliphatic rings. The zero-order valence-electron chi connectivity index (χ0n) is 10.8. The average molecular weight is 232 g/mol. The van der Waals surface area contributed by atoms with Crippen molar-refractivity contribution in [3.8, 4) is 0 Å². The predicted molar refractivity (Wildman–Crippen MR) is 69.0 cm³/mol. The van der Waals surface area contributed by atoms with Crippen LogP contribution in [-0.4, -0.2) is 11.6 Å². The molecule has 1 aromatic rings. The van der Waals surface area contributed by atoms with Gasteiger partial charge in [0.05, 0.1) is 0 Å². The third-order valence-corrected chi connectivity index (χ3v) is 3.31. The Morgan fingerprint density at radius 1 is 1.12 bits per heavy atom. The number of rotatable bonds is 6. The molecular formula is C15H20O2. The summed E-state index contributed by atoms with van der Waals surface area (Å²) in [5.41, 5.74) is 0.732. The minimum atomic E-state index is -0.0346. The Hall–Kier alpha value is -1.44. The molecule has 1 rings (SSSR count). The van der Waals surface area contributed by atoms with Crippen molar-refractivity contribution >= 4 is 11.6 Å². The van der Waals surface area contributed by atoms with Crippen molar-refractivity contribution in [3.63, 3.8) is 0 Å². The molecule has 0 aliphatic heterocycles. The van der Waals surface area contributed by atoms with Crippen LogP contribution in [0, 0.1) is 11.8 Å². The molecule has 0 aliphatic carbocycles. The van der Waals surface area contributed by atoms with Gasteiger partial charge in [-0.25, -0.2) is 0 Å². The fraction of sp³-hybridized carbons (Fsp3) is 0.467. The van der Waals surface area contributed by atoms with Gasteiger partial charge >= 0.3 is 0 Å². The molecule has 0 N–H and O–H groups in total. The van der Waals surface area contributed by atoms with Crippen molar-refractivity contribution in [2.24, 2.45) is 11.8 Å². The lowest BCUT2D eigenvalue weighted by Gasteiger charge is -2.17. The van der Waals surface area contributed by atoms with E-state index < -0.39 is 0 Å². The van der Waals surface area contributed by atoms with Crippen LogP contribution in [0.5, 0.6) is 0 Å². The van der Waals surface area contributed by atoms with Gasteiger partial charge in [0, 0.05) is 24.3 Å². The molecule has 2 heteroatoms. The summed E-state index contributed by atoms with van der Waals surface area (Å²) in [4.78, 5) is 23.5. The maximum atomic E-state index is 12.0. The number of hydrogen-bond acceptors (Lipinski definition) is 2. The summed E-state index contributed by atoms with van der Waals surface area (Å²) < 4.78 is 0. The van der Waals surface area contributed by atoms with Gasteiger partial charge in [0.1, 0.15) is 5.78 Å². The molecule has 0 spiro atoms. The summed E-state index contributed by atoms with van der Waals surface area (Å²) in [6.45, 7) is 5.75. The van der Waals surface area contributed by atoms with Crippen molar-refractivity contribution in [1.82, 2.24) is 0 Å². The standard InChI is InChI=1S/C15H20O2/c1-4-14(16)12(3)11(2)10-15(17)13-8-6-5-7-9-13/h5-9,11-12H,4,10H2,1-3H3. The van der Waals surface area contributed by atoms with Gasteiger partial charge < -0.3 is 0 Å². The summed E-state index contributed by atoms with van der Waals surface area (Å²) in [7, 11) is 0. The number of hydrogen-bond donors (Lipinski definition) is 0. The van der Waals surface area contributed by atoms with Crippen LogP contribution < -0.4 is 0 Å². The SMILES string of the molecule is CCC(=O)C(C)C(C)CC(=O)c1ccccc1. The highest BCUT2D eigenvalue weighted by Gasteiger charge is 2.21. The van der Waals surface area contributed by atoms with Crippen LogP contribution in [0.1, 0.15) is 44.0 Å². The summed E-state index contributed by atoms with van der Waals surface area (Å²) in [5, 5.41) is 0. The fourth-order valence-electron chi connectivity index (χ4n) is 1.85. The van der Waals surface area contributed by atoms with Crippen molar-refractivity contribution in [2.45, 2.75) is 33.6 Å². The van der Waals surface area contributed by atoms with Crippen LogP contribution in [0.2, 0.25) is 0 Å².